The van der Waals surface area contributed by atoms with E-state index in [1.165, 1.54) is 0 Å². The van der Waals surface area contributed by atoms with Crippen LogP contribution < -0.4 is 4.74 Å². The number of esters is 1. The molecule has 0 bridgehead atoms. The highest BCUT2D eigenvalue weighted by molar-refractivity contribution is 5.97. The fourth-order valence-corrected chi connectivity index (χ4v) is 3.71. The first-order chi connectivity index (χ1) is 16.1. The van der Waals surface area contributed by atoms with Crippen LogP contribution in [0.1, 0.15) is 60.9 Å². The SMILES string of the molecule is CCCCOC(=O)c1ccccc1-c1ccc(Cn2c(OCC)nc(CC)c2CN=O)cc1. The zero-order chi connectivity index (χ0) is 23.6. The van der Waals surface area contributed by atoms with Crippen LogP contribution >= 0.6 is 0 Å². The molecule has 7 heteroatoms. The highest BCUT2D eigenvalue weighted by Gasteiger charge is 2.18. The van der Waals surface area contributed by atoms with Gasteiger partial charge in [0.05, 0.1) is 36.7 Å². The average Bonchev–Trinajstić information content (AvgIpc) is 3.16. The van der Waals surface area contributed by atoms with Crippen LogP contribution in [0.15, 0.2) is 53.7 Å². The molecule has 0 amide bonds. The number of aromatic nitrogens is 2. The zero-order valence-electron chi connectivity index (χ0n) is 19.5. The van der Waals surface area contributed by atoms with Gasteiger partial charge in [0.1, 0.15) is 6.54 Å². The molecule has 0 unspecified atom stereocenters. The number of hydrogen-bond acceptors (Lipinski definition) is 6. The summed E-state index contributed by atoms with van der Waals surface area (Å²) in [7, 11) is 0. The molecule has 0 aliphatic rings. The molecular weight excluding hydrogens is 418 g/mol. The average molecular weight is 450 g/mol. The van der Waals surface area contributed by atoms with E-state index in [1.54, 1.807) is 6.07 Å². The van der Waals surface area contributed by atoms with Gasteiger partial charge in [0.15, 0.2) is 0 Å². The van der Waals surface area contributed by atoms with Crippen LogP contribution in [0.5, 0.6) is 6.01 Å². The maximum absolute atomic E-state index is 12.6. The van der Waals surface area contributed by atoms with Crippen LogP contribution in [0.2, 0.25) is 0 Å². The summed E-state index contributed by atoms with van der Waals surface area (Å²) in [5.41, 5.74) is 4.95. The number of unbranched alkanes of at least 4 members (excludes halogenated alkanes) is 1. The number of nitroso groups, excluding NO2 is 1. The van der Waals surface area contributed by atoms with Crippen LogP contribution in [-0.2, 0) is 24.2 Å². The van der Waals surface area contributed by atoms with E-state index in [1.807, 2.05) is 60.9 Å². The largest absolute Gasteiger partial charge is 0.465 e. The third kappa shape index (κ3) is 5.86. The van der Waals surface area contributed by atoms with Crippen molar-refractivity contribution in [1.29, 1.82) is 0 Å². The Balaban J connectivity index is 1.86. The van der Waals surface area contributed by atoms with Crippen molar-refractivity contribution in [2.45, 2.75) is 53.1 Å². The Bertz CT molecular complexity index is 1070. The first kappa shape index (κ1) is 24.2. The van der Waals surface area contributed by atoms with Gasteiger partial charge in [-0.25, -0.2) is 4.79 Å². The highest BCUT2D eigenvalue weighted by atomic mass is 16.5. The molecule has 0 aliphatic heterocycles. The molecule has 1 heterocycles. The van der Waals surface area contributed by atoms with Crippen LogP contribution in [0.25, 0.3) is 11.1 Å². The number of hydrogen-bond donors (Lipinski definition) is 0. The molecule has 0 atom stereocenters. The normalized spacial score (nSPS) is 10.8. The molecule has 0 spiro atoms. The lowest BCUT2D eigenvalue weighted by Gasteiger charge is -2.13. The molecular formula is C26H31N3O4. The van der Waals surface area contributed by atoms with Crippen molar-refractivity contribution in [3.63, 3.8) is 0 Å². The fraction of sp³-hybridized carbons (Fsp3) is 0.385. The number of nitrogens with zero attached hydrogens (tertiary/aromatic N) is 3. The number of benzene rings is 2. The Hall–Kier alpha value is -3.48. The van der Waals surface area contributed by atoms with Crippen molar-refractivity contribution < 1.29 is 14.3 Å². The Morgan fingerprint density at radius 2 is 1.82 bits per heavy atom. The summed E-state index contributed by atoms with van der Waals surface area (Å²) in [4.78, 5) is 28.1. The zero-order valence-corrected chi connectivity index (χ0v) is 19.5. The summed E-state index contributed by atoms with van der Waals surface area (Å²) in [6.45, 7) is 7.43. The number of imidazole rings is 1. The lowest BCUT2D eigenvalue weighted by Crippen LogP contribution is -2.09. The fourth-order valence-electron chi connectivity index (χ4n) is 3.71. The monoisotopic (exact) mass is 449 g/mol. The van der Waals surface area contributed by atoms with Crippen LogP contribution in [0.4, 0.5) is 0 Å². The molecule has 3 aromatic rings. The summed E-state index contributed by atoms with van der Waals surface area (Å²) in [5.74, 6) is -0.305. The lowest BCUT2D eigenvalue weighted by molar-refractivity contribution is 0.0500. The maximum atomic E-state index is 12.6. The molecule has 0 N–H and O–H groups in total. The number of ether oxygens (including phenoxy) is 2. The van der Waals surface area contributed by atoms with E-state index in [-0.39, 0.29) is 12.5 Å². The first-order valence-corrected chi connectivity index (χ1v) is 11.5. The summed E-state index contributed by atoms with van der Waals surface area (Å²) < 4.78 is 13.0. The van der Waals surface area contributed by atoms with E-state index < -0.39 is 0 Å². The van der Waals surface area contributed by atoms with Gasteiger partial charge in [-0.2, -0.15) is 9.89 Å². The lowest BCUT2D eigenvalue weighted by atomic mass is 9.98. The van der Waals surface area contributed by atoms with Gasteiger partial charge in [0.25, 0.3) is 6.01 Å². The molecule has 0 aliphatic carbocycles. The quantitative estimate of drug-likeness (QED) is 0.199. The molecule has 3 rings (SSSR count). The van der Waals surface area contributed by atoms with Gasteiger partial charge in [-0.3, -0.25) is 4.57 Å². The first-order valence-electron chi connectivity index (χ1n) is 11.5. The second-order valence-electron chi connectivity index (χ2n) is 7.68. The predicted molar refractivity (Wildman–Crippen MR) is 128 cm³/mol. The topological polar surface area (TPSA) is 82.8 Å². The Morgan fingerprint density at radius 3 is 2.48 bits per heavy atom. The Labute approximate surface area is 194 Å². The molecule has 7 nitrogen and oxygen atoms in total. The van der Waals surface area contributed by atoms with Gasteiger partial charge in [-0.1, -0.05) is 67.9 Å². The molecule has 2 aromatic carbocycles. The summed E-state index contributed by atoms with van der Waals surface area (Å²) in [6, 6.07) is 16.0. The minimum atomic E-state index is -0.305. The van der Waals surface area contributed by atoms with Gasteiger partial charge >= 0.3 is 5.97 Å². The third-order valence-electron chi connectivity index (χ3n) is 5.43. The van der Waals surface area contributed by atoms with E-state index in [0.29, 0.717) is 37.8 Å². The molecule has 33 heavy (non-hydrogen) atoms. The third-order valence-corrected chi connectivity index (χ3v) is 5.43. The molecule has 0 fully saturated rings. The minimum absolute atomic E-state index is 0.0504. The standard InChI is InChI=1S/C26H31N3O4/c1-4-7-16-33-25(30)22-11-9-8-10-21(22)20-14-12-19(13-15-20)18-29-24(17-27-31)23(5-2)28-26(29)32-6-3/h8-15H,4-7,16-18H2,1-3H3. The number of rotatable bonds is 12. The van der Waals surface area contributed by atoms with Crippen LogP contribution in [-0.4, -0.2) is 28.7 Å². The van der Waals surface area contributed by atoms with E-state index >= 15 is 0 Å². The number of aryl methyl sites for hydroxylation is 1. The van der Waals surface area contributed by atoms with Crippen LogP contribution in [0, 0.1) is 4.91 Å². The number of carbonyl (C=O) groups excluding carboxylic acids is 1. The van der Waals surface area contributed by atoms with Gasteiger partial charge in [-0.15, -0.1) is 0 Å². The minimum Gasteiger partial charge on any atom is -0.465 e. The second-order valence-corrected chi connectivity index (χ2v) is 7.68. The molecule has 0 saturated carbocycles. The predicted octanol–water partition coefficient (Wildman–Crippen LogP) is 5.78. The highest BCUT2D eigenvalue weighted by Crippen LogP contribution is 2.27. The van der Waals surface area contributed by atoms with Gasteiger partial charge in [0, 0.05) is 0 Å². The smallest absolute Gasteiger partial charge is 0.338 e. The molecule has 174 valence electrons. The van der Waals surface area contributed by atoms with Crippen LogP contribution in [0.3, 0.4) is 0 Å². The summed E-state index contributed by atoms with van der Waals surface area (Å²) in [5, 5.41) is 3.09. The maximum Gasteiger partial charge on any atom is 0.338 e. The van der Waals surface area contributed by atoms with Gasteiger partial charge < -0.3 is 9.47 Å². The Kier molecular flexibility index (Phi) is 8.75. The van der Waals surface area contributed by atoms with Crippen molar-refractivity contribution in [3.8, 4) is 17.1 Å². The van der Waals surface area contributed by atoms with Crippen molar-refractivity contribution in [3.05, 3.63) is 76.0 Å². The van der Waals surface area contributed by atoms with E-state index in [2.05, 4.69) is 17.1 Å². The van der Waals surface area contributed by atoms with Gasteiger partial charge in [0.2, 0.25) is 0 Å². The summed E-state index contributed by atoms with van der Waals surface area (Å²) in [6.07, 6.45) is 2.52. The van der Waals surface area contributed by atoms with E-state index in [9.17, 15) is 9.70 Å². The second kappa shape index (κ2) is 11.9. The van der Waals surface area contributed by atoms with Crippen molar-refractivity contribution in [2.75, 3.05) is 13.2 Å². The van der Waals surface area contributed by atoms with Crippen molar-refractivity contribution in [2.24, 2.45) is 5.18 Å². The van der Waals surface area contributed by atoms with E-state index in [0.717, 1.165) is 40.9 Å². The number of carbonyl (C=O) groups is 1. The molecule has 0 saturated heterocycles. The summed E-state index contributed by atoms with van der Waals surface area (Å²) >= 11 is 0. The van der Waals surface area contributed by atoms with Gasteiger partial charge in [-0.05, 0) is 42.5 Å². The van der Waals surface area contributed by atoms with E-state index in [4.69, 9.17) is 9.47 Å². The van der Waals surface area contributed by atoms with Crippen molar-refractivity contribution in [1.82, 2.24) is 9.55 Å². The molecule has 1 aromatic heterocycles. The Morgan fingerprint density at radius 1 is 1.06 bits per heavy atom. The van der Waals surface area contributed by atoms with Crippen molar-refractivity contribution >= 4 is 5.97 Å². The molecule has 0 radical (unpaired) electrons.